The highest BCUT2D eigenvalue weighted by Gasteiger charge is 2.15. The van der Waals surface area contributed by atoms with E-state index in [0.717, 1.165) is 0 Å². The van der Waals surface area contributed by atoms with Crippen molar-refractivity contribution in [2.75, 3.05) is 26.4 Å². The fourth-order valence-corrected chi connectivity index (χ4v) is 1.37. The maximum absolute atomic E-state index is 12.1. The number of anilines is 1. The number of amides is 1. The van der Waals surface area contributed by atoms with Gasteiger partial charge in [0.25, 0.3) is 5.91 Å². The van der Waals surface area contributed by atoms with Crippen LogP contribution in [0.2, 0.25) is 0 Å². The topological polar surface area (TPSA) is 84.1 Å². The van der Waals surface area contributed by atoms with Crippen LogP contribution in [0.25, 0.3) is 0 Å². The number of carbonyl (C=O) groups excluding carboxylic acids is 1. The van der Waals surface area contributed by atoms with E-state index in [9.17, 15) is 4.79 Å². The zero-order chi connectivity index (χ0) is 14.6. The van der Waals surface area contributed by atoms with E-state index >= 15 is 0 Å². The van der Waals surface area contributed by atoms with E-state index < -0.39 is 0 Å². The van der Waals surface area contributed by atoms with Crippen LogP contribution in [-0.2, 0) is 0 Å². The summed E-state index contributed by atoms with van der Waals surface area (Å²) in [6, 6.07) is 0.247. The third-order valence-corrected chi connectivity index (χ3v) is 3.01. The van der Waals surface area contributed by atoms with Gasteiger partial charge in [-0.3, -0.25) is 4.79 Å². The molecule has 6 nitrogen and oxygen atoms in total. The van der Waals surface area contributed by atoms with E-state index in [1.165, 1.54) is 6.20 Å². The van der Waals surface area contributed by atoms with Gasteiger partial charge in [0.15, 0.2) is 5.69 Å². The SMILES string of the molecule is CC(C)c1ncc(N)c(C(=O)NCC(C)N(C)C)n1. The number of nitrogens with one attached hydrogen (secondary N) is 1. The lowest BCUT2D eigenvalue weighted by molar-refractivity contribution is 0.0939. The summed E-state index contributed by atoms with van der Waals surface area (Å²) in [4.78, 5) is 22.5. The molecular formula is C13H23N5O. The normalized spacial score (nSPS) is 12.8. The Hall–Kier alpha value is -1.69. The van der Waals surface area contributed by atoms with Gasteiger partial charge in [-0.2, -0.15) is 0 Å². The molecule has 0 fully saturated rings. The van der Waals surface area contributed by atoms with Gasteiger partial charge in [-0.15, -0.1) is 0 Å². The van der Waals surface area contributed by atoms with Crippen LogP contribution in [0.3, 0.4) is 0 Å². The Labute approximate surface area is 114 Å². The highest BCUT2D eigenvalue weighted by atomic mass is 16.1. The van der Waals surface area contributed by atoms with Crippen LogP contribution in [0.15, 0.2) is 6.20 Å². The van der Waals surface area contributed by atoms with Crippen molar-refractivity contribution in [1.82, 2.24) is 20.2 Å². The van der Waals surface area contributed by atoms with E-state index in [1.54, 1.807) is 0 Å². The van der Waals surface area contributed by atoms with Gasteiger partial charge in [0, 0.05) is 18.5 Å². The predicted molar refractivity (Wildman–Crippen MR) is 76.0 cm³/mol. The summed E-state index contributed by atoms with van der Waals surface area (Å²) in [6.45, 7) is 6.53. The van der Waals surface area contributed by atoms with Gasteiger partial charge in [0.2, 0.25) is 0 Å². The lowest BCUT2D eigenvalue weighted by atomic mass is 10.2. The first-order valence-corrected chi connectivity index (χ1v) is 6.40. The Bertz CT molecular complexity index is 445. The highest BCUT2D eigenvalue weighted by Crippen LogP contribution is 2.13. The predicted octanol–water partition coefficient (Wildman–Crippen LogP) is 0.862. The number of rotatable bonds is 5. The minimum absolute atomic E-state index is 0.160. The van der Waals surface area contributed by atoms with Crippen LogP contribution in [0.4, 0.5) is 5.69 Å². The molecular weight excluding hydrogens is 242 g/mol. The third-order valence-electron chi connectivity index (χ3n) is 3.01. The van der Waals surface area contributed by atoms with E-state index in [4.69, 9.17) is 5.73 Å². The summed E-state index contributed by atoms with van der Waals surface area (Å²) in [5.74, 6) is 0.531. The standard InChI is InChI=1S/C13H23N5O/c1-8(2)12-15-7-10(14)11(17-12)13(19)16-6-9(3)18(4)5/h7-9H,6,14H2,1-5H3,(H,16,19). The van der Waals surface area contributed by atoms with Gasteiger partial charge in [-0.05, 0) is 21.0 Å². The molecule has 0 saturated carbocycles. The molecule has 1 aromatic rings. The first-order valence-electron chi connectivity index (χ1n) is 6.40. The van der Waals surface area contributed by atoms with E-state index in [2.05, 4.69) is 15.3 Å². The van der Waals surface area contributed by atoms with Crippen LogP contribution < -0.4 is 11.1 Å². The number of carbonyl (C=O) groups is 1. The van der Waals surface area contributed by atoms with Crippen molar-refractivity contribution >= 4 is 11.6 Å². The molecule has 106 valence electrons. The van der Waals surface area contributed by atoms with Gasteiger partial charge in [0.05, 0.1) is 11.9 Å². The van der Waals surface area contributed by atoms with Crippen LogP contribution >= 0.6 is 0 Å². The van der Waals surface area contributed by atoms with E-state index in [1.807, 2.05) is 39.8 Å². The van der Waals surface area contributed by atoms with Gasteiger partial charge in [-0.1, -0.05) is 13.8 Å². The summed E-state index contributed by atoms with van der Waals surface area (Å²) >= 11 is 0. The molecule has 0 saturated heterocycles. The smallest absolute Gasteiger partial charge is 0.272 e. The number of nitrogen functional groups attached to an aromatic ring is 1. The minimum Gasteiger partial charge on any atom is -0.396 e. The van der Waals surface area contributed by atoms with Crippen LogP contribution in [0.1, 0.15) is 43.0 Å². The molecule has 0 bridgehead atoms. The molecule has 0 aromatic carbocycles. The number of aromatic nitrogens is 2. The molecule has 0 aliphatic rings. The maximum atomic E-state index is 12.1. The summed E-state index contributed by atoms with van der Waals surface area (Å²) < 4.78 is 0. The monoisotopic (exact) mass is 265 g/mol. The van der Waals surface area contributed by atoms with Gasteiger partial charge < -0.3 is 16.0 Å². The average molecular weight is 265 g/mol. The van der Waals surface area contributed by atoms with Crippen molar-refractivity contribution < 1.29 is 4.79 Å². The summed E-state index contributed by atoms with van der Waals surface area (Å²) in [7, 11) is 3.93. The third kappa shape index (κ3) is 4.17. The first-order chi connectivity index (χ1) is 8.82. The molecule has 1 aromatic heterocycles. The number of likely N-dealkylation sites (N-methyl/N-ethyl adjacent to an activating group) is 1. The van der Waals surface area contributed by atoms with Crippen molar-refractivity contribution in [3.8, 4) is 0 Å². The largest absolute Gasteiger partial charge is 0.396 e. The van der Waals surface area contributed by atoms with Gasteiger partial charge in [0.1, 0.15) is 5.82 Å². The Morgan fingerprint density at radius 3 is 2.58 bits per heavy atom. The molecule has 0 radical (unpaired) electrons. The van der Waals surface area contributed by atoms with Gasteiger partial charge >= 0.3 is 0 Å². The van der Waals surface area contributed by atoms with E-state index in [-0.39, 0.29) is 23.6 Å². The number of nitrogens with zero attached hydrogens (tertiary/aromatic N) is 3. The number of hydrogen-bond donors (Lipinski definition) is 2. The highest BCUT2D eigenvalue weighted by molar-refractivity contribution is 5.96. The summed E-state index contributed by atoms with van der Waals surface area (Å²) in [5.41, 5.74) is 6.32. The number of hydrogen-bond acceptors (Lipinski definition) is 5. The van der Waals surface area contributed by atoms with E-state index in [0.29, 0.717) is 18.1 Å². The Kier molecular flexibility index (Phi) is 5.23. The zero-order valence-electron chi connectivity index (χ0n) is 12.3. The Morgan fingerprint density at radius 1 is 1.42 bits per heavy atom. The molecule has 1 unspecified atom stereocenters. The first kappa shape index (κ1) is 15.4. The van der Waals surface area contributed by atoms with Crippen LogP contribution in [-0.4, -0.2) is 47.5 Å². The fourth-order valence-electron chi connectivity index (χ4n) is 1.37. The second-order valence-electron chi connectivity index (χ2n) is 5.21. The lowest BCUT2D eigenvalue weighted by Crippen LogP contribution is -2.38. The van der Waals surface area contributed by atoms with Gasteiger partial charge in [-0.25, -0.2) is 9.97 Å². The fraction of sp³-hybridized carbons (Fsp3) is 0.615. The molecule has 3 N–H and O–H groups in total. The quantitative estimate of drug-likeness (QED) is 0.825. The zero-order valence-corrected chi connectivity index (χ0v) is 12.3. The molecule has 0 spiro atoms. The Balaban J connectivity index is 2.79. The Morgan fingerprint density at radius 2 is 2.05 bits per heavy atom. The molecule has 1 atom stereocenters. The van der Waals surface area contributed by atoms with Crippen LogP contribution in [0.5, 0.6) is 0 Å². The van der Waals surface area contributed by atoms with Crippen molar-refractivity contribution in [2.45, 2.75) is 32.7 Å². The molecule has 19 heavy (non-hydrogen) atoms. The molecule has 1 rings (SSSR count). The second-order valence-corrected chi connectivity index (χ2v) is 5.21. The minimum atomic E-state index is -0.254. The second kappa shape index (κ2) is 6.47. The molecule has 0 aliphatic heterocycles. The molecule has 0 aliphatic carbocycles. The molecule has 6 heteroatoms. The lowest BCUT2D eigenvalue weighted by Gasteiger charge is -2.20. The summed E-state index contributed by atoms with van der Waals surface area (Å²) in [6.07, 6.45) is 1.49. The molecule has 1 heterocycles. The molecule has 1 amide bonds. The van der Waals surface area contributed by atoms with Crippen LogP contribution in [0, 0.1) is 0 Å². The van der Waals surface area contributed by atoms with Crippen molar-refractivity contribution in [2.24, 2.45) is 0 Å². The van der Waals surface area contributed by atoms with Crippen molar-refractivity contribution in [3.63, 3.8) is 0 Å². The maximum Gasteiger partial charge on any atom is 0.272 e. The van der Waals surface area contributed by atoms with Crippen molar-refractivity contribution in [3.05, 3.63) is 17.7 Å². The van der Waals surface area contributed by atoms with Crippen molar-refractivity contribution in [1.29, 1.82) is 0 Å². The number of nitrogens with two attached hydrogens (primary N) is 1. The average Bonchev–Trinajstić information content (AvgIpc) is 2.35. The summed E-state index contributed by atoms with van der Waals surface area (Å²) in [5, 5.41) is 2.84.